The number of pyridine rings is 1. The molecule has 6 heteroatoms. The van der Waals surface area contributed by atoms with Gasteiger partial charge in [-0.1, -0.05) is 29.4 Å². The van der Waals surface area contributed by atoms with Crippen molar-refractivity contribution in [2.75, 3.05) is 5.73 Å². The number of aromatic nitrogens is 2. The lowest BCUT2D eigenvalue weighted by atomic mass is 9.87. The maximum absolute atomic E-state index is 12.9. The number of nitrogen functional groups attached to an aromatic ring is 1. The van der Waals surface area contributed by atoms with Crippen LogP contribution < -0.4 is 11.1 Å². The SMILES string of the molecule is Nc1onc(-c2cccnc2)c1C(=O)NC1CCCc2ccccc21. The van der Waals surface area contributed by atoms with Crippen LogP contribution in [-0.2, 0) is 6.42 Å². The van der Waals surface area contributed by atoms with Gasteiger partial charge in [0.25, 0.3) is 5.91 Å². The van der Waals surface area contributed by atoms with E-state index in [4.69, 9.17) is 10.3 Å². The van der Waals surface area contributed by atoms with E-state index in [1.807, 2.05) is 18.2 Å². The second-order valence-corrected chi connectivity index (χ2v) is 6.13. The lowest BCUT2D eigenvalue weighted by molar-refractivity contribution is 0.0934. The van der Waals surface area contributed by atoms with E-state index in [-0.39, 0.29) is 23.4 Å². The summed E-state index contributed by atoms with van der Waals surface area (Å²) in [4.78, 5) is 16.9. The average Bonchev–Trinajstić information content (AvgIpc) is 3.04. The molecule has 25 heavy (non-hydrogen) atoms. The van der Waals surface area contributed by atoms with E-state index in [0.717, 1.165) is 19.3 Å². The number of anilines is 1. The number of aryl methyl sites for hydroxylation is 1. The molecule has 126 valence electrons. The topological polar surface area (TPSA) is 94.0 Å². The number of fused-ring (bicyclic) bond motifs is 1. The number of carbonyl (C=O) groups is 1. The number of hydrogen-bond donors (Lipinski definition) is 2. The molecular weight excluding hydrogens is 316 g/mol. The fraction of sp³-hybridized carbons (Fsp3) is 0.211. The quantitative estimate of drug-likeness (QED) is 0.767. The minimum absolute atomic E-state index is 0.0143. The van der Waals surface area contributed by atoms with E-state index < -0.39 is 0 Å². The molecule has 0 saturated heterocycles. The largest absolute Gasteiger partial charge is 0.367 e. The zero-order valence-electron chi connectivity index (χ0n) is 13.6. The summed E-state index contributed by atoms with van der Waals surface area (Å²) < 4.78 is 5.07. The molecule has 3 N–H and O–H groups in total. The van der Waals surface area contributed by atoms with Crippen molar-refractivity contribution in [2.24, 2.45) is 0 Å². The zero-order valence-corrected chi connectivity index (χ0v) is 13.6. The molecule has 2 heterocycles. The Balaban J connectivity index is 1.64. The highest BCUT2D eigenvalue weighted by Gasteiger charge is 2.27. The van der Waals surface area contributed by atoms with E-state index in [1.165, 1.54) is 11.1 Å². The summed E-state index contributed by atoms with van der Waals surface area (Å²) in [6.07, 6.45) is 6.27. The molecule has 0 bridgehead atoms. The third-order valence-electron chi connectivity index (χ3n) is 4.56. The van der Waals surface area contributed by atoms with E-state index in [1.54, 1.807) is 18.5 Å². The molecule has 1 aliphatic rings. The third kappa shape index (κ3) is 2.87. The van der Waals surface area contributed by atoms with Gasteiger partial charge in [0.2, 0.25) is 5.88 Å². The fourth-order valence-electron chi connectivity index (χ4n) is 3.36. The number of hydrogen-bond acceptors (Lipinski definition) is 5. The van der Waals surface area contributed by atoms with Gasteiger partial charge < -0.3 is 15.6 Å². The lowest BCUT2D eigenvalue weighted by Gasteiger charge is -2.26. The minimum atomic E-state index is -0.278. The van der Waals surface area contributed by atoms with Gasteiger partial charge in [-0.05, 0) is 42.5 Å². The molecule has 1 unspecified atom stereocenters. The molecule has 0 radical (unpaired) electrons. The molecule has 4 rings (SSSR count). The van der Waals surface area contributed by atoms with Crippen LogP contribution >= 0.6 is 0 Å². The summed E-state index contributed by atoms with van der Waals surface area (Å²) in [5, 5.41) is 7.03. The van der Waals surface area contributed by atoms with Gasteiger partial charge >= 0.3 is 0 Å². The number of rotatable bonds is 3. The zero-order chi connectivity index (χ0) is 17.2. The molecule has 0 spiro atoms. The van der Waals surface area contributed by atoms with E-state index in [0.29, 0.717) is 11.3 Å². The van der Waals surface area contributed by atoms with Crippen LogP contribution in [0, 0.1) is 0 Å². The van der Waals surface area contributed by atoms with E-state index >= 15 is 0 Å². The van der Waals surface area contributed by atoms with Gasteiger partial charge in [-0.25, -0.2) is 0 Å². The van der Waals surface area contributed by atoms with Gasteiger partial charge in [-0.2, -0.15) is 0 Å². The first-order valence-electron chi connectivity index (χ1n) is 8.28. The number of amides is 1. The second kappa shape index (κ2) is 6.39. The van der Waals surface area contributed by atoms with Gasteiger partial charge in [-0.15, -0.1) is 0 Å². The van der Waals surface area contributed by atoms with Crippen molar-refractivity contribution in [2.45, 2.75) is 25.3 Å². The van der Waals surface area contributed by atoms with E-state index in [2.05, 4.69) is 27.6 Å². The Hall–Kier alpha value is -3.15. The maximum atomic E-state index is 12.9. The summed E-state index contributed by atoms with van der Waals surface area (Å²) in [7, 11) is 0. The highest BCUT2D eigenvalue weighted by atomic mass is 16.5. The Morgan fingerprint density at radius 2 is 2.12 bits per heavy atom. The summed E-state index contributed by atoms with van der Waals surface area (Å²) >= 11 is 0. The Kier molecular flexibility index (Phi) is 3.93. The molecule has 2 aromatic heterocycles. The van der Waals surface area contributed by atoms with Crippen molar-refractivity contribution in [1.82, 2.24) is 15.5 Å². The van der Waals surface area contributed by atoms with Crippen LogP contribution in [0.15, 0.2) is 53.3 Å². The molecule has 0 aliphatic heterocycles. The van der Waals surface area contributed by atoms with Gasteiger partial charge in [0.1, 0.15) is 11.3 Å². The molecule has 1 aromatic carbocycles. The van der Waals surface area contributed by atoms with Crippen LogP contribution in [0.25, 0.3) is 11.3 Å². The molecule has 1 aliphatic carbocycles. The predicted molar refractivity (Wildman–Crippen MR) is 93.7 cm³/mol. The Bertz CT molecular complexity index is 905. The fourth-order valence-corrected chi connectivity index (χ4v) is 3.36. The molecule has 1 atom stereocenters. The van der Waals surface area contributed by atoms with Gasteiger partial charge in [0.15, 0.2) is 0 Å². The van der Waals surface area contributed by atoms with Crippen LogP contribution in [0.5, 0.6) is 0 Å². The number of nitrogens with zero attached hydrogens (tertiary/aromatic N) is 2. The van der Waals surface area contributed by atoms with Crippen molar-refractivity contribution in [1.29, 1.82) is 0 Å². The van der Waals surface area contributed by atoms with Crippen molar-refractivity contribution in [3.63, 3.8) is 0 Å². The minimum Gasteiger partial charge on any atom is -0.367 e. The summed E-state index contributed by atoms with van der Waals surface area (Å²) in [5.74, 6) is -0.264. The first-order valence-corrected chi connectivity index (χ1v) is 8.28. The number of nitrogens with two attached hydrogens (primary N) is 1. The second-order valence-electron chi connectivity index (χ2n) is 6.13. The van der Waals surface area contributed by atoms with Crippen molar-refractivity contribution < 1.29 is 9.32 Å². The molecule has 0 fully saturated rings. The maximum Gasteiger partial charge on any atom is 0.259 e. The Labute approximate surface area is 145 Å². The first-order chi connectivity index (χ1) is 12.2. The van der Waals surface area contributed by atoms with Crippen molar-refractivity contribution >= 4 is 11.8 Å². The normalized spacial score (nSPS) is 16.2. The van der Waals surface area contributed by atoms with Gasteiger partial charge in [-0.3, -0.25) is 9.78 Å². The van der Waals surface area contributed by atoms with Gasteiger partial charge in [0, 0.05) is 18.0 Å². The Morgan fingerprint density at radius 3 is 2.96 bits per heavy atom. The highest BCUT2D eigenvalue weighted by Crippen LogP contribution is 2.31. The van der Waals surface area contributed by atoms with Crippen LogP contribution in [0.1, 0.15) is 40.4 Å². The summed E-state index contributed by atoms with van der Waals surface area (Å²) in [5.41, 5.74) is 9.68. The van der Waals surface area contributed by atoms with Crippen molar-refractivity contribution in [3.8, 4) is 11.3 Å². The first kappa shape index (κ1) is 15.4. The van der Waals surface area contributed by atoms with Crippen LogP contribution in [0.3, 0.4) is 0 Å². The monoisotopic (exact) mass is 334 g/mol. The summed E-state index contributed by atoms with van der Waals surface area (Å²) in [6, 6.07) is 11.8. The smallest absolute Gasteiger partial charge is 0.259 e. The highest BCUT2D eigenvalue weighted by molar-refractivity contribution is 6.03. The molecule has 3 aromatic rings. The number of carbonyl (C=O) groups excluding carboxylic acids is 1. The Morgan fingerprint density at radius 1 is 1.24 bits per heavy atom. The van der Waals surface area contributed by atoms with E-state index in [9.17, 15) is 4.79 Å². The number of nitrogens with one attached hydrogen (secondary N) is 1. The van der Waals surface area contributed by atoms with Crippen LogP contribution in [0.4, 0.5) is 5.88 Å². The molecule has 0 saturated carbocycles. The lowest BCUT2D eigenvalue weighted by Crippen LogP contribution is -2.31. The molecular formula is C19H18N4O2. The van der Waals surface area contributed by atoms with Crippen LogP contribution in [0.2, 0.25) is 0 Å². The molecule has 6 nitrogen and oxygen atoms in total. The van der Waals surface area contributed by atoms with Crippen molar-refractivity contribution in [3.05, 3.63) is 65.5 Å². The van der Waals surface area contributed by atoms with Crippen LogP contribution in [-0.4, -0.2) is 16.0 Å². The standard InChI is InChI=1S/C19H18N4O2/c20-18-16(17(23-25-18)13-7-4-10-21-11-13)19(24)22-15-9-3-6-12-5-1-2-8-14(12)15/h1-2,4-5,7-8,10-11,15H,3,6,9,20H2,(H,22,24). The van der Waals surface area contributed by atoms with Gasteiger partial charge in [0.05, 0.1) is 6.04 Å². The summed E-state index contributed by atoms with van der Waals surface area (Å²) in [6.45, 7) is 0. The molecule has 1 amide bonds. The average molecular weight is 334 g/mol. The third-order valence-corrected chi connectivity index (χ3v) is 4.56. The predicted octanol–water partition coefficient (Wildman–Crippen LogP) is 3.13. The number of benzene rings is 1.